The smallest absolute Gasteiger partial charge is 0.168 e. The molecule has 0 bridgehead atoms. The van der Waals surface area contributed by atoms with Crippen LogP contribution < -0.4 is 0 Å². The minimum Gasteiger partial charge on any atom is -0.294 e. The molecular weight excluding hydrogens is 235 g/mol. The minimum atomic E-state index is -0.465. The average Bonchev–Trinajstić information content (AvgIpc) is 2.03. The van der Waals surface area contributed by atoms with E-state index in [1.54, 1.807) is 19.9 Å². The van der Waals surface area contributed by atoms with Gasteiger partial charge >= 0.3 is 0 Å². The summed E-state index contributed by atoms with van der Waals surface area (Å²) in [6, 6.07) is 4.47. The van der Waals surface area contributed by atoms with Gasteiger partial charge in [0.25, 0.3) is 0 Å². The van der Waals surface area contributed by atoms with Crippen LogP contribution in [-0.4, -0.2) is 5.78 Å². The third kappa shape index (κ3) is 2.37. The van der Waals surface area contributed by atoms with Gasteiger partial charge in [0.05, 0.1) is 5.56 Å². The molecule has 0 amide bonds. The summed E-state index contributed by atoms with van der Waals surface area (Å²) in [6.45, 7) is 3.51. The van der Waals surface area contributed by atoms with Gasteiger partial charge in [0.2, 0.25) is 0 Å². The highest BCUT2D eigenvalue weighted by molar-refractivity contribution is 9.10. The highest BCUT2D eigenvalue weighted by Gasteiger charge is 2.14. The van der Waals surface area contributed by atoms with Crippen LogP contribution in [0.1, 0.15) is 24.2 Å². The van der Waals surface area contributed by atoms with Gasteiger partial charge in [0.15, 0.2) is 5.78 Å². The first kappa shape index (κ1) is 10.4. The van der Waals surface area contributed by atoms with Gasteiger partial charge in [-0.1, -0.05) is 29.8 Å². The highest BCUT2D eigenvalue weighted by Crippen LogP contribution is 2.17. The zero-order valence-corrected chi connectivity index (χ0v) is 9.06. The number of hydrogen-bond acceptors (Lipinski definition) is 1. The Morgan fingerprint density at radius 3 is 2.54 bits per heavy atom. The Hall–Kier alpha value is -0.700. The summed E-state index contributed by atoms with van der Waals surface area (Å²) in [7, 11) is 0. The molecule has 70 valence electrons. The zero-order valence-electron chi connectivity index (χ0n) is 7.47. The maximum absolute atomic E-state index is 13.2. The Morgan fingerprint density at radius 1 is 1.46 bits per heavy atom. The van der Waals surface area contributed by atoms with Crippen LogP contribution in [0.5, 0.6) is 0 Å². The predicted octanol–water partition coefficient (Wildman–Crippen LogP) is 3.43. The van der Waals surface area contributed by atoms with Gasteiger partial charge in [-0.25, -0.2) is 4.39 Å². The van der Waals surface area contributed by atoms with E-state index in [1.807, 2.05) is 0 Å². The van der Waals surface area contributed by atoms with Crippen LogP contribution in [0, 0.1) is 11.7 Å². The summed E-state index contributed by atoms with van der Waals surface area (Å²) < 4.78 is 13.9. The van der Waals surface area contributed by atoms with Crippen LogP contribution in [0.3, 0.4) is 0 Å². The zero-order chi connectivity index (χ0) is 10.0. The molecule has 1 aromatic carbocycles. The largest absolute Gasteiger partial charge is 0.294 e. The second kappa shape index (κ2) is 4.01. The number of hydrogen-bond donors (Lipinski definition) is 0. The molecule has 0 atom stereocenters. The second-order valence-corrected chi connectivity index (χ2v) is 4.06. The third-order valence-electron chi connectivity index (χ3n) is 1.72. The lowest BCUT2D eigenvalue weighted by atomic mass is 10.0. The maximum Gasteiger partial charge on any atom is 0.168 e. The van der Waals surface area contributed by atoms with Crippen LogP contribution >= 0.6 is 15.9 Å². The van der Waals surface area contributed by atoms with Crippen molar-refractivity contribution in [3.8, 4) is 0 Å². The summed E-state index contributed by atoms with van der Waals surface area (Å²) in [5.74, 6) is -0.797. The Balaban J connectivity index is 3.09. The van der Waals surface area contributed by atoms with Crippen LogP contribution in [-0.2, 0) is 0 Å². The molecule has 0 aliphatic carbocycles. The summed E-state index contributed by atoms with van der Waals surface area (Å²) in [5, 5.41) is 0. The van der Waals surface area contributed by atoms with Crippen molar-refractivity contribution in [2.24, 2.45) is 5.92 Å². The van der Waals surface area contributed by atoms with E-state index >= 15 is 0 Å². The Morgan fingerprint density at radius 2 is 2.08 bits per heavy atom. The molecule has 3 heteroatoms. The van der Waals surface area contributed by atoms with Crippen molar-refractivity contribution in [2.75, 3.05) is 0 Å². The van der Waals surface area contributed by atoms with E-state index in [1.165, 1.54) is 12.1 Å². The fourth-order valence-electron chi connectivity index (χ4n) is 1.00. The number of halogens is 2. The molecule has 0 aliphatic rings. The topological polar surface area (TPSA) is 17.1 Å². The Bertz CT molecular complexity index is 334. The van der Waals surface area contributed by atoms with Crippen LogP contribution in [0.15, 0.2) is 22.7 Å². The Kier molecular flexibility index (Phi) is 3.20. The first-order valence-electron chi connectivity index (χ1n) is 4.01. The molecule has 1 aromatic rings. The molecule has 13 heavy (non-hydrogen) atoms. The second-order valence-electron chi connectivity index (χ2n) is 3.14. The summed E-state index contributed by atoms with van der Waals surface area (Å²) in [6.07, 6.45) is 0. The van der Waals surface area contributed by atoms with Gasteiger partial charge in [0.1, 0.15) is 5.82 Å². The number of benzene rings is 1. The standard InChI is InChI=1S/C10H10BrFO/c1-6(2)10(13)8-4-3-7(11)5-9(8)12/h3-6H,1-2H3. The van der Waals surface area contributed by atoms with E-state index in [4.69, 9.17) is 0 Å². The fraction of sp³-hybridized carbons (Fsp3) is 0.300. The van der Waals surface area contributed by atoms with E-state index in [0.29, 0.717) is 4.47 Å². The van der Waals surface area contributed by atoms with Crippen molar-refractivity contribution in [1.82, 2.24) is 0 Å². The van der Waals surface area contributed by atoms with E-state index in [9.17, 15) is 9.18 Å². The first-order chi connectivity index (χ1) is 6.02. The SMILES string of the molecule is CC(C)C(=O)c1ccc(Br)cc1F. The van der Waals surface area contributed by atoms with E-state index in [2.05, 4.69) is 15.9 Å². The quantitative estimate of drug-likeness (QED) is 0.729. The van der Waals surface area contributed by atoms with E-state index < -0.39 is 5.82 Å². The van der Waals surface area contributed by atoms with Gasteiger partial charge in [-0.3, -0.25) is 4.79 Å². The number of carbonyl (C=O) groups is 1. The van der Waals surface area contributed by atoms with Gasteiger partial charge in [-0.05, 0) is 18.2 Å². The minimum absolute atomic E-state index is 0.162. The van der Waals surface area contributed by atoms with E-state index in [0.717, 1.165) is 0 Å². The fourth-order valence-corrected chi connectivity index (χ4v) is 1.33. The summed E-state index contributed by atoms with van der Waals surface area (Å²) >= 11 is 3.13. The molecule has 0 N–H and O–H groups in total. The maximum atomic E-state index is 13.2. The van der Waals surface area contributed by atoms with E-state index in [-0.39, 0.29) is 17.3 Å². The molecule has 0 aliphatic heterocycles. The molecule has 1 rings (SSSR count). The van der Waals surface area contributed by atoms with Gasteiger partial charge in [-0.2, -0.15) is 0 Å². The first-order valence-corrected chi connectivity index (χ1v) is 4.81. The molecule has 0 saturated heterocycles. The molecule has 0 radical (unpaired) electrons. The number of ketones is 1. The molecule has 0 fully saturated rings. The van der Waals surface area contributed by atoms with Gasteiger partial charge in [-0.15, -0.1) is 0 Å². The van der Waals surface area contributed by atoms with Crippen LogP contribution in [0.4, 0.5) is 4.39 Å². The molecule has 0 heterocycles. The normalized spacial score (nSPS) is 10.5. The summed E-state index contributed by atoms with van der Waals surface area (Å²) in [5.41, 5.74) is 0.165. The molecule has 0 saturated carbocycles. The van der Waals surface area contributed by atoms with Crippen molar-refractivity contribution in [3.63, 3.8) is 0 Å². The highest BCUT2D eigenvalue weighted by atomic mass is 79.9. The third-order valence-corrected chi connectivity index (χ3v) is 2.21. The molecule has 1 nitrogen and oxygen atoms in total. The van der Waals surface area contributed by atoms with Crippen molar-refractivity contribution in [1.29, 1.82) is 0 Å². The number of rotatable bonds is 2. The van der Waals surface area contributed by atoms with Crippen LogP contribution in [0.25, 0.3) is 0 Å². The average molecular weight is 245 g/mol. The monoisotopic (exact) mass is 244 g/mol. The molecule has 0 aromatic heterocycles. The molecule has 0 unspecified atom stereocenters. The lowest BCUT2D eigenvalue weighted by Gasteiger charge is -2.05. The number of Topliss-reactive ketones (excluding diaryl/α,β-unsaturated/α-hetero) is 1. The van der Waals surface area contributed by atoms with Gasteiger partial charge < -0.3 is 0 Å². The summed E-state index contributed by atoms with van der Waals surface area (Å²) in [4.78, 5) is 11.4. The lowest BCUT2D eigenvalue weighted by Crippen LogP contribution is -2.09. The lowest BCUT2D eigenvalue weighted by molar-refractivity contribution is 0.0935. The van der Waals surface area contributed by atoms with Gasteiger partial charge in [0, 0.05) is 10.4 Å². The number of carbonyl (C=O) groups excluding carboxylic acids is 1. The van der Waals surface area contributed by atoms with Crippen molar-refractivity contribution in [2.45, 2.75) is 13.8 Å². The van der Waals surface area contributed by atoms with Crippen molar-refractivity contribution < 1.29 is 9.18 Å². The Labute approximate surface area is 85.1 Å². The molecular formula is C10H10BrFO. The van der Waals surface area contributed by atoms with Crippen LogP contribution in [0.2, 0.25) is 0 Å². The molecule has 0 spiro atoms. The van der Waals surface area contributed by atoms with Crippen molar-refractivity contribution in [3.05, 3.63) is 34.1 Å². The predicted molar refractivity (Wildman–Crippen MR) is 53.3 cm³/mol. The van der Waals surface area contributed by atoms with Crippen molar-refractivity contribution >= 4 is 21.7 Å².